The highest BCUT2D eigenvalue weighted by atomic mass is 16.5. The predicted molar refractivity (Wildman–Crippen MR) is 64.9 cm³/mol. The standard InChI is InChI=1S/C13H16N2O2/c14-13(5-1-2-6-13)9-3-4-11-10(7-9)15-12(16)8-17-11/h3-4,7H,1-2,5-6,8,14H2,(H,15,16). The lowest BCUT2D eigenvalue weighted by molar-refractivity contribution is -0.118. The van der Waals surface area contributed by atoms with E-state index < -0.39 is 0 Å². The van der Waals surface area contributed by atoms with Gasteiger partial charge in [-0.15, -0.1) is 0 Å². The molecule has 2 aliphatic rings. The zero-order chi connectivity index (χ0) is 11.9. The molecule has 1 fully saturated rings. The lowest BCUT2D eigenvalue weighted by atomic mass is 9.89. The van der Waals surface area contributed by atoms with Gasteiger partial charge in [0.25, 0.3) is 5.91 Å². The Morgan fingerprint density at radius 3 is 2.82 bits per heavy atom. The van der Waals surface area contributed by atoms with E-state index in [0.29, 0.717) is 0 Å². The van der Waals surface area contributed by atoms with Crippen LogP contribution in [0, 0.1) is 0 Å². The van der Waals surface area contributed by atoms with E-state index in [9.17, 15) is 4.79 Å². The van der Waals surface area contributed by atoms with Crippen LogP contribution < -0.4 is 15.8 Å². The number of nitrogens with one attached hydrogen (secondary N) is 1. The third kappa shape index (κ3) is 1.78. The monoisotopic (exact) mass is 232 g/mol. The first kappa shape index (κ1) is 10.6. The van der Waals surface area contributed by atoms with Crippen molar-refractivity contribution >= 4 is 11.6 Å². The van der Waals surface area contributed by atoms with Gasteiger partial charge in [0.2, 0.25) is 0 Å². The quantitative estimate of drug-likeness (QED) is 0.775. The van der Waals surface area contributed by atoms with Gasteiger partial charge >= 0.3 is 0 Å². The Morgan fingerprint density at radius 2 is 2.06 bits per heavy atom. The minimum absolute atomic E-state index is 0.0973. The number of ether oxygens (including phenoxy) is 1. The topological polar surface area (TPSA) is 64.3 Å². The number of nitrogens with two attached hydrogens (primary N) is 1. The summed E-state index contributed by atoms with van der Waals surface area (Å²) < 4.78 is 5.33. The molecular weight excluding hydrogens is 216 g/mol. The molecule has 17 heavy (non-hydrogen) atoms. The van der Waals surface area contributed by atoms with Crippen molar-refractivity contribution in [3.63, 3.8) is 0 Å². The Balaban J connectivity index is 1.97. The number of anilines is 1. The molecule has 3 rings (SSSR count). The molecule has 3 N–H and O–H groups in total. The van der Waals surface area contributed by atoms with Crippen molar-refractivity contribution in [3.05, 3.63) is 23.8 Å². The van der Waals surface area contributed by atoms with Crippen molar-refractivity contribution in [2.24, 2.45) is 5.73 Å². The number of carbonyl (C=O) groups excluding carboxylic acids is 1. The van der Waals surface area contributed by atoms with Gasteiger partial charge in [-0.3, -0.25) is 4.79 Å². The maximum absolute atomic E-state index is 11.3. The highest BCUT2D eigenvalue weighted by molar-refractivity contribution is 5.95. The van der Waals surface area contributed by atoms with E-state index in [1.165, 1.54) is 12.8 Å². The first-order chi connectivity index (χ1) is 8.17. The maximum atomic E-state index is 11.3. The third-order valence-electron chi connectivity index (χ3n) is 3.68. The molecule has 1 aromatic rings. The molecule has 0 spiro atoms. The largest absolute Gasteiger partial charge is 0.482 e. The van der Waals surface area contributed by atoms with Crippen LogP contribution in [0.5, 0.6) is 5.75 Å². The Bertz CT molecular complexity index is 464. The molecule has 1 aromatic carbocycles. The van der Waals surface area contributed by atoms with E-state index in [2.05, 4.69) is 5.32 Å². The van der Waals surface area contributed by atoms with Crippen LogP contribution in [0.15, 0.2) is 18.2 Å². The van der Waals surface area contributed by atoms with Crippen LogP contribution in [0.25, 0.3) is 0 Å². The number of fused-ring (bicyclic) bond motifs is 1. The second-order valence-corrected chi connectivity index (χ2v) is 4.91. The fourth-order valence-corrected chi connectivity index (χ4v) is 2.69. The van der Waals surface area contributed by atoms with Gasteiger partial charge in [-0.2, -0.15) is 0 Å². The first-order valence-corrected chi connectivity index (χ1v) is 6.03. The van der Waals surface area contributed by atoms with Gasteiger partial charge in [-0.05, 0) is 30.5 Å². The Kier molecular flexibility index (Phi) is 2.33. The van der Waals surface area contributed by atoms with E-state index in [4.69, 9.17) is 10.5 Å². The fraction of sp³-hybridized carbons (Fsp3) is 0.462. The van der Waals surface area contributed by atoms with E-state index in [0.717, 1.165) is 29.8 Å². The Hall–Kier alpha value is -1.55. The van der Waals surface area contributed by atoms with Crippen LogP contribution in [0.2, 0.25) is 0 Å². The maximum Gasteiger partial charge on any atom is 0.262 e. The molecule has 0 unspecified atom stereocenters. The van der Waals surface area contributed by atoms with Crippen molar-refractivity contribution in [3.8, 4) is 5.75 Å². The molecule has 0 radical (unpaired) electrons. The van der Waals surface area contributed by atoms with Gasteiger partial charge in [-0.1, -0.05) is 18.9 Å². The van der Waals surface area contributed by atoms with Crippen LogP contribution in [0.3, 0.4) is 0 Å². The molecule has 4 heteroatoms. The van der Waals surface area contributed by atoms with Crippen molar-refractivity contribution in [2.75, 3.05) is 11.9 Å². The van der Waals surface area contributed by atoms with Crippen molar-refractivity contribution in [1.29, 1.82) is 0 Å². The van der Waals surface area contributed by atoms with Crippen LogP contribution in [0.1, 0.15) is 31.2 Å². The summed E-state index contributed by atoms with van der Waals surface area (Å²) in [5, 5.41) is 2.82. The summed E-state index contributed by atoms with van der Waals surface area (Å²) in [6.07, 6.45) is 4.38. The summed E-state index contributed by atoms with van der Waals surface area (Å²) in [7, 11) is 0. The second-order valence-electron chi connectivity index (χ2n) is 4.91. The van der Waals surface area contributed by atoms with Gasteiger partial charge in [0.15, 0.2) is 6.61 Å². The van der Waals surface area contributed by atoms with Crippen LogP contribution in [0.4, 0.5) is 5.69 Å². The van der Waals surface area contributed by atoms with Gasteiger partial charge in [0.05, 0.1) is 5.69 Å². The summed E-state index contributed by atoms with van der Waals surface area (Å²) in [5.74, 6) is 0.627. The molecule has 1 aliphatic heterocycles. The number of hydrogen-bond donors (Lipinski definition) is 2. The Labute approximate surface area is 100 Å². The summed E-state index contributed by atoms with van der Waals surface area (Å²) in [6.45, 7) is 0.0973. The van der Waals surface area contributed by atoms with Crippen molar-refractivity contribution in [1.82, 2.24) is 0 Å². The van der Waals surface area contributed by atoms with Gasteiger partial charge in [0, 0.05) is 5.54 Å². The summed E-state index contributed by atoms with van der Waals surface area (Å²) in [5.41, 5.74) is 8.01. The highest BCUT2D eigenvalue weighted by Crippen LogP contribution is 2.39. The molecule has 1 amide bonds. The number of benzene rings is 1. The molecule has 1 heterocycles. The average Bonchev–Trinajstić information content (AvgIpc) is 2.76. The number of amides is 1. The molecule has 0 aromatic heterocycles. The van der Waals surface area contributed by atoms with Crippen LogP contribution in [-0.4, -0.2) is 12.5 Å². The number of rotatable bonds is 1. The molecule has 1 aliphatic carbocycles. The average molecular weight is 232 g/mol. The van der Waals surface area contributed by atoms with Crippen molar-refractivity contribution in [2.45, 2.75) is 31.2 Å². The third-order valence-corrected chi connectivity index (χ3v) is 3.68. The molecule has 1 saturated carbocycles. The zero-order valence-electron chi connectivity index (χ0n) is 9.66. The van der Waals surface area contributed by atoms with E-state index >= 15 is 0 Å². The predicted octanol–water partition coefficient (Wildman–Crippen LogP) is 1.75. The van der Waals surface area contributed by atoms with Crippen molar-refractivity contribution < 1.29 is 9.53 Å². The molecule has 0 saturated heterocycles. The number of carbonyl (C=O) groups is 1. The van der Waals surface area contributed by atoms with E-state index in [1.807, 2.05) is 18.2 Å². The normalized spacial score (nSPS) is 21.6. The second kappa shape index (κ2) is 3.74. The lowest BCUT2D eigenvalue weighted by Gasteiger charge is -2.26. The first-order valence-electron chi connectivity index (χ1n) is 6.03. The smallest absolute Gasteiger partial charge is 0.262 e. The van der Waals surface area contributed by atoms with Crippen LogP contribution in [-0.2, 0) is 10.3 Å². The molecule has 0 atom stereocenters. The van der Waals surface area contributed by atoms with E-state index in [-0.39, 0.29) is 18.1 Å². The molecule has 4 nitrogen and oxygen atoms in total. The summed E-state index contributed by atoms with van der Waals surface area (Å²) in [6, 6.07) is 5.87. The molecule has 0 bridgehead atoms. The summed E-state index contributed by atoms with van der Waals surface area (Å²) >= 11 is 0. The SMILES string of the molecule is NC1(c2ccc3c(c2)NC(=O)CO3)CCCC1. The zero-order valence-corrected chi connectivity index (χ0v) is 9.66. The number of hydrogen-bond acceptors (Lipinski definition) is 3. The Morgan fingerprint density at radius 1 is 1.29 bits per heavy atom. The van der Waals surface area contributed by atoms with Gasteiger partial charge < -0.3 is 15.8 Å². The minimum Gasteiger partial charge on any atom is -0.482 e. The fourth-order valence-electron chi connectivity index (χ4n) is 2.69. The molecule has 90 valence electrons. The van der Waals surface area contributed by atoms with Crippen LogP contribution >= 0.6 is 0 Å². The van der Waals surface area contributed by atoms with Gasteiger partial charge in [-0.25, -0.2) is 0 Å². The van der Waals surface area contributed by atoms with E-state index in [1.54, 1.807) is 0 Å². The van der Waals surface area contributed by atoms with Gasteiger partial charge in [0.1, 0.15) is 5.75 Å². The molecular formula is C13H16N2O2. The lowest BCUT2D eigenvalue weighted by Crippen LogP contribution is -2.33. The minimum atomic E-state index is -0.225. The highest BCUT2D eigenvalue weighted by Gasteiger charge is 2.32. The summed E-state index contributed by atoms with van der Waals surface area (Å²) in [4.78, 5) is 11.3.